The van der Waals surface area contributed by atoms with Crippen LogP contribution >= 0.6 is 34.0 Å². The molecule has 5 nitrogen and oxygen atoms in total. The molecule has 23 aromatic rings. The van der Waals surface area contributed by atoms with Crippen molar-refractivity contribution in [3.8, 4) is 101 Å². The summed E-state index contributed by atoms with van der Waals surface area (Å²) in [6.45, 7) is 29.0. The second-order valence-electron chi connectivity index (χ2n) is 39.3. The molecule has 0 saturated carbocycles. The predicted molar refractivity (Wildman–Crippen MR) is 562 cm³/mol. The van der Waals surface area contributed by atoms with E-state index in [9.17, 15) is 0 Å². The second-order valence-corrected chi connectivity index (χ2v) is 42.6. The van der Waals surface area contributed by atoms with Crippen molar-refractivity contribution < 1.29 is 0 Å². The third-order valence-electron chi connectivity index (χ3n) is 31.2. The third-order valence-corrected chi connectivity index (χ3v) is 34.7. The molecule has 0 amide bonds. The van der Waals surface area contributed by atoms with Crippen LogP contribution in [0.15, 0.2) is 370 Å². The molecule has 131 heavy (non-hydrogen) atoms. The highest BCUT2D eigenvalue weighted by molar-refractivity contribution is 7.26. The lowest BCUT2D eigenvalue weighted by Gasteiger charge is -2.48. The summed E-state index contributed by atoms with van der Waals surface area (Å²) in [6.07, 6.45) is 0. The molecule has 0 aliphatic heterocycles. The van der Waals surface area contributed by atoms with Gasteiger partial charge in [0.1, 0.15) is 0 Å². The lowest BCUT2D eigenvalue weighted by molar-refractivity contribution is 0.299. The zero-order valence-electron chi connectivity index (χ0n) is 75.7. The number of nitrogens with zero attached hydrogens (tertiary/aromatic N) is 5. The molecule has 3 aliphatic carbocycles. The van der Waals surface area contributed by atoms with Crippen LogP contribution in [0.5, 0.6) is 0 Å². The Morgan fingerprint density at radius 1 is 0.191 bits per heavy atom. The largest absolute Gasteiger partial charge is 0.309 e. The van der Waals surface area contributed by atoms with Crippen molar-refractivity contribution in [1.29, 1.82) is 0 Å². The van der Waals surface area contributed by atoms with Crippen LogP contribution in [0.25, 0.3) is 205 Å². The van der Waals surface area contributed by atoms with Gasteiger partial charge in [-0.05, 0) is 231 Å². The number of rotatable bonds is 7. The first-order valence-corrected chi connectivity index (χ1v) is 48.3. The summed E-state index contributed by atoms with van der Waals surface area (Å²) in [5.41, 5.74) is 31.8. The van der Waals surface area contributed by atoms with E-state index in [4.69, 9.17) is 15.0 Å². The van der Waals surface area contributed by atoms with Crippen LogP contribution < -0.4 is 0 Å². The van der Waals surface area contributed by atoms with Crippen LogP contribution in [0.3, 0.4) is 0 Å². The first-order valence-electron chi connectivity index (χ1n) is 45.8. The molecule has 26 rings (SSSR count). The summed E-state index contributed by atoms with van der Waals surface area (Å²) in [7, 11) is 0. The molecule has 0 bridgehead atoms. The SMILES string of the molecule is CC1(C)c2cc(-c3ccc(-c4nc(-c5ccccc5)nc(-c5ccccc5)n4)cc3)ccc2-c2c(ccc3sc4ccccc4c23)C1(C)C.CC1(C)c2ccc(-c3ccc(-n4c5ccccc5c5ccccc54)cc3)cc2-c2cc3sc4ccccc4c3cc2C1(C)C.CC1(C)c2ccc(-n3c4ccccc4c4ccccc43)cc2-c2cc3sc4ccccc4c3cc2C1(C)C. The van der Waals surface area contributed by atoms with Crippen LogP contribution in [-0.2, 0) is 32.5 Å². The standard InChI is InChI=1S/C45H35N3S.C42H33NS.C36H29NS/c1-44(2)35-25-26-38-40(34-17-11-12-18-37(34)49-38)39(35)33-24-23-32(27-36(33)45(44,3)4)28-19-21-31(22-20-28)43-47-41(29-13-7-5-8-14-29)46-42(48-43)30-15-9-6-10-16-30;1-41(2)35-22-19-27(23-32(35)33-25-40-34(24-36(33)42(41,3)4)31-13-7-10-16-39(31)44-40)26-17-20-28(21-18-26)43-37-14-8-5-11-29(37)30-12-6-9-15-38(30)43;1-35(2)29-18-17-22(37-31-14-8-5-11-23(31)24-12-6-9-15-32(24)37)19-26(29)27-21-34-28(20-30(27)36(35,3)4)25-13-7-10-16-33(25)38-34/h5-27H,1-4H3;5-25H,1-4H3;5-21H,1-4H3. The molecule has 6 aromatic heterocycles. The van der Waals surface area contributed by atoms with Gasteiger partial charge in [-0.15, -0.1) is 34.0 Å². The lowest BCUT2D eigenvalue weighted by atomic mass is 9.55. The van der Waals surface area contributed by atoms with Crippen molar-refractivity contribution in [2.45, 2.75) is 116 Å². The van der Waals surface area contributed by atoms with E-state index < -0.39 is 0 Å². The van der Waals surface area contributed by atoms with Crippen molar-refractivity contribution in [2.75, 3.05) is 0 Å². The molecular formula is C123H97N5S3. The highest BCUT2D eigenvalue weighted by Gasteiger charge is 2.50. The van der Waals surface area contributed by atoms with Gasteiger partial charge in [0.25, 0.3) is 0 Å². The van der Waals surface area contributed by atoms with Gasteiger partial charge in [0, 0.05) is 110 Å². The second kappa shape index (κ2) is 29.8. The maximum Gasteiger partial charge on any atom is 0.164 e. The van der Waals surface area contributed by atoms with Gasteiger partial charge in [-0.1, -0.05) is 344 Å². The monoisotopic (exact) mass is 1740 g/mol. The number of hydrogen-bond acceptors (Lipinski definition) is 6. The Morgan fingerprint density at radius 3 is 0.985 bits per heavy atom. The number of hydrogen-bond donors (Lipinski definition) is 0. The van der Waals surface area contributed by atoms with E-state index in [2.05, 4.69) is 402 Å². The predicted octanol–water partition coefficient (Wildman–Crippen LogP) is 34.6. The normalized spacial score (nSPS) is 15.1. The number of thiophene rings is 3. The Bertz CT molecular complexity index is 8470. The number of fused-ring (bicyclic) bond motifs is 25. The van der Waals surface area contributed by atoms with Crippen molar-refractivity contribution in [3.05, 3.63) is 403 Å². The minimum absolute atomic E-state index is 0.0130. The van der Waals surface area contributed by atoms with E-state index in [1.807, 2.05) is 94.7 Å². The number of para-hydroxylation sites is 4. The molecule has 0 fully saturated rings. The van der Waals surface area contributed by atoms with Gasteiger partial charge < -0.3 is 9.13 Å². The maximum atomic E-state index is 4.94. The van der Waals surface area contributed by atoms with Crippen LogP contribution in [0.2, 0.25) is 0 Å². The topological polar surface area (TPSA) is 48.5 Å². The van der Waals surface area contributed by atoms with E-state index in [1.165, 1.54) is 205 Å². The quantitative estimate of drug-likeness (QED) is 0.160. The fourth-order valence-corrected chi connectivity index (χ4v) is 25.4. The zero-order valence-corrected chi connectivity index (χ0v) is 78.1. The fraction of sp³-hybridized carbons (Fsp3) is 0.146. The van der Waals surface area contributed by atoms with Gasteiger partial charge in [-0.3, -0.25) is 0 Å². The van der Waals surface area contributed by atoms with E-state index in [-0.39, 0.29) is 32.5 Å². The summed E-state index contributed by atoms with van der Waals surface area (Å²) in [6, 6.07) is 136. The van der Waals surface area contributed by atoms with Crippen molar-refractivity contribution in [2.24, 2.45) is 0 Å². The van der Waals surface area contributed by atoms with Gasteiger partial charge in [0.05, 0.1) is 22.1 Å². The Hall–Kier alpha value is -14.0. The van der Waals surface area contributed by atoms with Gasteiger partial charge in [-0.2, -0.15) is 0 Å². The minimum Gasteiger partial charge on any atom is -0.309 e. The first-order chi connectivity index (χ1) is 63.5. The van der Waals surface area contributed by atoms with Crippen LogP contribution in [0.1, 0.15) is 116 Å². The molecule has 0 saturated heterocycles. The maximum absolute atomic E-state index is 4.94. The van der Waals surface area contributed by atoms with E-state index in [1.54, 1.807) is 0 Å². The van der Waals surface area contributed by atoms with Gasteiger partial charge in [0.2, 0.25) is 0 Å². The minimum atomic E-state index is -0.0860. The zero-order chi connectivity index (χ0) is 88.9. The summed E-state index contributed by atoms with van der Waals surface area (Å²) < 4.78 is 13.0. The first kappa shape index (κ1) is 80.3. The van der Waals surface area contributed by atoms with Crippen LogP contribution in [0.4, 0.5) is 0 Å². The molecule has 0 atom stereocenters. The molecule has 0 N–H and O–H groups in total. The summed E-state index contributed by atoms with van der Waals surface area (Å²) in [4.78, 5) is 14.7. The van der Waals surface area contributed by atoms with Crippen molar-refractivity contribution >= 4 is 138 Å². The summed E-state index contributed by atoms with van der Waals surface area (Å²) in [5.74, 6) is 2.00. The molecule has 632 valence electrons. The molecule has 17 aromatic carbocycles. The van der Waals surface area contributed by atoms with E-state index in [0.29, 0.717) is 17.5 Å². The highest BCUT2D eigenvalue weighted by atomic mass is 32.1. The Balaban J connectivity index is 0.000000109. The van der Waals surface area contributed by atoms with E-state index >= 15 is 0 Å². The van der Waals surface area contributed by atoms with Gasteiger partial charge in [-0.25, -0.2) is 15.0 Å². The molecule has 3 aliphatic rings. The van der Waals surface area contributed by atoms with Crippen molar-refractivity contribution in [1.82, 2.24) is 24.1 Å². The molecule has 8 heteroatoms. The Morgan fingerprint density at radius 2 is 0.504 bits per heavy atom. The molecule has 0 spiro atoms. The van der Waals surface area contributed by atoms with Crippen LogP contribution in [-0.4, -0.2) is 24.1 Å². The average molecular weight is 1740 g/mol. The highest BCUT2D eigenvalue weighted by Crippen LogP contribution is 2.61. The third kappa shape index (κ3) is 12.3. The number of benzene rings is 17. The molecule has 0 unspecified atom stereocenters. The summed E-state index contributed by atoms with van der Waals surface area (Å²) >= 11 is 5.71. The Labute approximate surface area is 776 Å². The van der Waals surface area contributed by atoms with Crippen LogP contribution in [0, 0.1) is 0 Å². The fourth-order valence-electron chi connectivity index (χ4n) is 22.0. The smallest absolute Gasteiger partial charge is 0.164 e. The van der Waals surface area contributed by atoms with E-state index in [0.717, 1.165) is 16.7 Å². The number of aromatic nitrogens is 5. The van der Waals surface area contributed by atoms with Gasteiger partial charge in [0.15, 0.2) is 17.5 Å². The average Bonchev–Trinajstić information content (AvgIpc) is 1.69. The Kier molecular flexibility index (Phi) is 18.3. The lowest BCUT2D eigenvalue weighted by Crippen LogP contribution is -2.43. The molecular weight excluding hydrogens is 1640 g/mol. The van der Waals surface area contributed by atoms with Crippen molar-refractivity contribution in [3.63, 3.8) is 0 Å². The summed E-state index contributed by atoms with van der Waals surface area (Å²) in [5, 5.41) is 13.4. The van der Waals surface area contributed by atoms with Gasteiger partial charge >= 0.3 is 0 Å². The molecule has 0 radical (unpaired) electrons. The molecule has 6 heterocycles.